The molecule has 1 unspecified atom stereocenters. The zero-order chi connectivity index (χ0) is 13.0. The Morgan fingerprint density at radius 2 is 2.06 bits per heavy atom. The van der Waals surface area contributed by atoms with Gasteiger partial charge in [-0.15, -0.1) is 0 Å². The Hall–Kier alpha value is -0.570. The summed E-state index contributed by atoms with van der Waals surface area (Å²) in [7, 11) is 0. The Kier molecular flexibility index (Phi) is 5.04. The van der Waals surface area contributed by atoms with Crippen molar-refractivity contribution in [3.8, 4) is 0 Å². The fraction of sp³-hybridized carbons (Fsp3) is 0.600. The lowest BCUT2D eigenvalue weighted by atomic mass is 10.1. The summed E-state index contributed by atoms with van der Waals surface area (Å²) >= 11 is 6.12. The van der Waals surface area contributed by atoms with Crippen LogP contribution in [0.4, 0.5) is 0 Å². The first-order chi connectivity index (χ1) is 8.66. The molecule has 1 fully saturated rings. The molecule has 1 aliphatic heterocycles. The normalized spacial score (nSPS) is 18.2. The highest BCUT2D eigenvalue weighted by atomic mass is 35.5. The summed E-state index contributed by atoms with van der Waals surface area (Å²) in [5.41, 5.74) is 2.41. The van der Waals surface area contributed by atoms with Gasteiger partial charge in [-0.1, -0.05) is 23.7 Å². The van der Waals surface area contributed by atoms with Crippen molar-refractivity contribution in [2.45, 2.75) is 39.3 Å². The van der Waals surface area contributed by atoms with E-state index in [4.69, 9.17) is 11.6 Å². The molecule has 2 rings (SSSR count). The minimum absolute atomic E-state index is 0.633. The molecule has 1 aromatic rings. The van der Waals surface area contributed by atoms with E-state index in [2.05, 4.69) is 35.3 Å². The molecule has 1 heterocycles. The van der Waals surface area contributed by atoms with Gasteiger partial charge in [-0.3, -0.25) is 4.90 Å². The third kappa shape index (κ3) is 3.71. The first kappa shape index (κ1) is 13.9. The van der Waals surface area contributed by atoms with E-state index in [0.717, 1.165) is 23.7 Å². The lowest BCUT2D eigenvalue weighted by Gasteiger charge is -2.24. The summed E-state index contributed by atoms with van der Waals surface area (Å²) in [4.78, 5) is 2.56. The van der Waals surface area contributed by atoms with Crippen LogP contribution in [-0.2, 0) is 6.54 Å². The molecule has 1 atom stereocenters. The smallest absolute Gasteiger partial charge is 0.0438 e. The van der Waals surface area contributed by atoms with Crippen molar-refractivity contribution in [2.75, 3.05) is 19.6 Å². The van der Waals surface area contributed by atoms with E-state index in [-0.39, 0.29) is 0 Å². The Balaban J connectivity index is 1.75. The van der Waals surface area contributed by atoms with Gasteiger partial charge in [0.2, 0.25) is 0 Å². The molecule has 100 valence electrons. The Morgan fingerprint density at radius 1 is 1.33 bits per heavy atom. The van der Waals surface area contributed by atoms with Crippen molar-refractivity contribution < 1.29 is 0 Å². The van der Waals surface area contributed by atoms with Crippen molar-refractivity contribution in [1.29, 1.82) is 0 Å². The highest BCUT2D eigenvalue weighted by Crippen LogP contribution is 2.16. The SMILES string of the molecule is Cc1ccc(CNCC(C)N2CCCC2)cc1Cl. The molecular formula is C15H23ClN2. The van der Waals surface area contributed by atoms with Gasteiger partial charge in [-0.2, -0.15) is 0 Å². The summed E-state index contributed by atoms with van der Waals surface area (Å²) in [6.07, 6.45) is 2.72. The molecule has 0 radical (unpaired) electrons. The second-order valence-electron chi connectivity index (χ2n) is 5.31. The van der Waals surface area contributed by atoms with Crippen LogP contribution in [0.25, 0.3) is 0 Å². The van der Waals surface area contributed by atoms with Gasteiger partial charge < -0.3 is 5.32 Å². The Morgan fingerprint density at radius 3 is 2.72 bits per heavy atom. The summed E-state index contributed by atoms with van der Waals surface area (Å²) in [5, 5.41) is 4.39. The lowest BCUT2D eigenvalue weighted by Crippen LogP contribution is -2.38. The maximum atomic E-state index is 6.12. The number of hydrogen-bond donors (Lipinski definition) is 1. The lowest BCUT2D eigenvalue weighted by molar-refractivity contribution is 0.251. The minimum atomic E-state index is 0.633. The average Bonchev–Trinajstić information content (AvgIpc) is 2.87. The molecule has 0 aliphatic carbocycles. The van der Waals surface area contributed by atoms with Crippen LogP contribution in [0.2, 0.25) is 5.02 Å². The maximum Gasteiger partial charge on any atom is 0.0438 e. The fourth-order valence-electron chi connectivity index (χ4n) is 2.48. The molecule has 1 N–H and O–H groups in total. The van der Waals surface area contributed by atoms with E-state index in [1.807, 2.05) is 6.92 Å². The van der Waals surface area contributed by atoms with Gasteiger partial charge in [0.25, 0.3) is 0 Å². The van der Waals surface area contributed by atoms with Gasteiger partial charge in [-0.25, -0.2) is 0 Å². The quantitative estimate of drug-likeness (QED) is 0.880. The number of nitrogens with one attached hydrogen (secondary N) is 1. The average molecular weight is 267 g/mol. The van der Waals surface area contributed by atoms with Gasteiger partial charge in [0.15, 0.2) is 0 Å². The van der Waals surface area contributed by atoms with Crippen LogP contribution >= 0.6 is 11.6 Å². The third-order valence-electron chi connectivity index (χ3n) is 3.77. The maximum absolute atomic E-state index is 6.12. The highest BCUT2D eigenvalue weighted by Gasteiger charge is 2.17. The van der Waals surface area contributed by atoms with Crippen molar-refractivity contribution in [1.82, 2.24) is 10.2 Å². The predicted molar refractivity (Wildman–Crippen MR) is 78.2 cm³/mol. The Labute approximate surface area is 115 Å². The molecule has 1 saturated heterocycles. The van der Waals surface area contributed by atoms with Gasteiger partial charge in [0.05, 0.1) is 0 Å². The van der Waals surface area contributed by atoms with E-state index in [9.17, 15) is 0 Å². The van der Waals surface area contributed by atoms with E-state index in [0.29, 0.717) is 6.04 Å². The third-order valence-corrected chi connectivity index (χ3v) is 4.18. The van der Waals surface area contributed by atoms with Crippen molar-refractivity contribution in [3.05, 3.63) is 34.3 Å². The van der Waals surface area contributed by atoms with Crippen LogP contribution in [0.1, 0.15) is 30.9 Å². The monoisotopic (exact) mass is 266 g/mol. The van der Waals surface area contributed by atoms with E-state index >= 15 is 0 Å². The summed E-state index contributed by atoms with van der Waals surface area (Å²) in [5.74, 6) is 0. The molecule has 0 amide bonds. The van der Waals surface area contributed by atoms with Crippen LogP contribution < -0.4 is 5.32 Å². The van der Waals surface area contributed by atoms with Gasteiger partial charge in [0, 0.05) is 24.2 Å². The highest BCUT2D eigenvalue weighted by molar-refractivity contribution is 6.31. The van der Waals surface area contributed by atoms with Crippen LogP contribution in [0.15, 0.2) is 18.2 Å². The number of nitrogens with zero attached hydrogens (tertiary/aromatic N) is 1. The molecule has 18 heavy (non-hydrogen) atoms. The molecule has 1 aliphatic rings. The first-order valence-corrected chi connectivity index (χ1v) is 7.24. The van der Waals surface area contributed by atoms with Crippen molar-refractivity contribution in [3.63, 3.8) is 0 Å². The zero-order valence-corrected chi connectivity index (χ0v) is 12.1. The van der Waals surface area contributed by atoms with E-state index in [1.165, 1.54) is 31.5 Å². The standard InChI is InChI=1S/C15H23ClN2/c1-12-5-6-14(9-15(12)16)11-17-10-13(2)18-7-3-4-8-18/h5-6,9,13,17H,3-4,7-8,10-11H2,1-2H3. The largest absolute Gasteiger partial charge is 0.311 e. The summed E-state index contributed by atoms with van der Waals surface area (Å²) in [6, 6.07) is 6.93. The van der Waals surface area contributed by atoms with Gasteiger partial charge in [-0.05, 0) is 57.0 Å². The molecular weight excluding hydrogens is 244 g/mol. The first-order valence-electron chi connectivity index (χ1n) is 6.86. The summed E-state index contributed by atoms with van der Waals surface area (Å²) in [6.45, 7) is 8.82. The van der Waals surface area contributed by atoms with Crippen LogP contribution in [0.5, 0.6) is 0 Å². The second kappa shape index (κ2) is 6.55. The molecule has 0 spiro atoms. The molecule has 0 saturated carbocycles. The molecule has 0 bridgehead atoms. The van der Waals surface area contributed by atoms with Crippen molar-refractivity contribution >= 4 is 11.6 Å². The summed E-state index contributed by atoms with van der Waals surface area (Å²) < 4.78 is 0. The van der Waals surface area contributed by atoms with E-state index in [1.54, 1.807) is 0 Å². The topological polar surface area (TPSA) is 15.3 Å². The molecule has 2 nitrogen and oxygen atoms in total. The van der Waals surface area contributed by atoms with Crippen molar-refractivity contribution in [2.24, 2.45) is 0 Å². The van der Waals surface area contributed by atoms with Gasteiger partial charge >= 0.3 is 0 Å². The molecule has 1 aromatic carbocycles. The number of aryl methyl sites for hydroxylation is 1. The van der Waals surface area contributed by atoms with Crippen LogP contribution in [0, 0.1) is 6.92 Å². The minimum Gasteiger partial charge on any atom is -0.311 e. The van der Waals surface area contributed by atoms with E-state index < -0.39 is 0 Å². The number of rotatable bonds is 5. The molecule has 0 aromatic heterocycles. The number of halogens is 1. The van der Waals surface area contributed by atoms with Crippen LogP contribution in [-0.4, -0.2) is 30.6 Å². The number of hydrogen-bond acceptors (Lipinski definition) is 2. The number of likely N-dealkylation sites (tertiary alicyclic amines) is 1. The second-order valence-corrected chi connectivity index (χ2v) is 5.71. The number of benzene rings is 1. The Bertz CT molecular complexity index is 386. The fourth-order valence-corrected chi connectivity index (χ4v) is 2.69. The van der Waals surface area contributed by atoms with Crippen LogP contribution in [0.3, 0.4) is 0 Å². The molecule has 3 heteroatoms. The van der Waals surface area contributed by atoms with Gasteiger partial charge in [0.1, 0.15) is 0 Å². The zero-order valence-electron chi connectivity index (χ0n) is 11.4. The predicted octanol–water partition coefficient (Wildman–Crippen LogP) is 3.22.